The zero-order chi connectivity index (χ0) is 19.1. The van der Waals surface area contributed by atoms with Crippen molar-refractivity contribution in [1.82, 2.24) is 9.88 Å². The van der Waals surface area contributed by atoms with Gasteiger partial charge >= 0.3 is 0 Å². The van der Waals surface area contributed by atoms with E-state index in [4.69, 9.17) is 0 Å². The Hall–Kier alpha value is -2.96. The molecule has 2 amide bonds. The smallest absolute Gasteiger partial charge is 0.224 e. The van der Waals surface area contributed by atoms with E-state index < -0.39 is 0 Å². The van der Waals surface area contributed by atoms with Crippen LogP contribution in [-0.2, 0) is 9.59 Å². The van der Waals surface area contributed by atoms with Crippen LogP contribution in [0.2, 0.25) is 0 Å². The maximum Gasteiger partial charge on any atom is 0.224 e. The molecule has 1 saturated heterocycles. The van der Waals surface area contributed by atoms with Gasteiger partial charge in [0.1, 0.15) is 5.82 Å². The minimum atomic E-state index is -0.250. The molecule has 2 aromatic rings. The number of pyridine rings is 1. The van der Waals surface area contributed by atoms with Crippen molar-refractivity contribution in [2.75, 3.05) is 36.4 Å². The molecule has 1 aromatic heterocycles. The molecule has 0 aliphatic carbocycles. The van der Waals surface area contributed by atoms with Crippen molar-refractivity contribution in [1.29, 1.82) is 0 Å². The number of hydrogen-bond acceptors (Lipinski definition) is 4. The largest absolute Gasteiger partial charge is 0.368 e. The van der Waals surface area contributed by atoms with E-state index in [1.807, 2.05) is 4.90 Å². The second-order valence-electron chi connectivity index (χ2n) is 6.48. The van der Waals surface area contributed by atoms with Crippen LogP contribution >= 0.6 is 0 Å². The minimum absolute atomic E-state index is 0.0745. The summed E-state index contributed by atoms with van der Waals surface area (Å²) in [5.41, 5.74) is 1.68. The first-order valence-electron chi connectivity index (χ1n) is 9.10. The average Bonchev–Trinajstić information content (AvgIpc) is 2.69. The molecule has 1 N–H and O–H groups in total. The van der Waals surface area contributed by atoms with Crippen LogP contribution in [0.25, 0.3) is 0 Å². The number of carbonyl (C=O) groups excluding carboxylic acids is 2. The third-order valence-corrected chi connectivity index (χ3v) is 4.58. The molecule has 0 atom stereocenters. The monoisotopic (exact) mass is 370 g/mol. The summed E-state index contributed by atoms with van der Waals surface area (Å²) >= 11 is 0. The molecule has 0 radical (unpaired) electrons. The van der Waals surface area contributed by atoms with E-state index in [9.17, 15) is 14.0 Å². The van der Waals surface area contributed by atoms with Crippen molar-refractivity contribution in [3.63, 3.8) is 0 Å². The van der Waals surface area contributed by atoms with Crippen LogP contribution in [0.4, 0.5) is 15.8 Å². The number of aromatic nitrogens is 1. The predicted molar refractivity (Wildman–Crippen MR) is 102 cm³/mol. The zero-order valence-corrected chi connectivity index (χ0v) is 15.1. The lowest BCUT2D eigenvalue weighted by Crippen LogP contribution is -2.48. The molecule has 1 aliphatic heterocycles. The average molecular weight is 370 g/mol. The lowest BCUT2D eigenvalue weighted by Gasteiger charge is -2.36. The minimum Gasteiger partial charge on any atom is -0.368 e. The third kappa shape index (κ3) is 5.51. The van der Waals surface area contributed by atoms with Gasteiger partial charge in [-0.1, -0.05) is 0 Å². The molecule has 1 fully saturated rings. The number of hydrogen-bond donors (Lipinski definition) is 1. The quantitative estimate of drug-likeness (QED) is 0.849. The Morgan fingerprint density at radius 3 is 2.30 bits per heavy atom. The first-order valence-corrected chi connectivity index (χ1v) is 9.10. The Kier molecular flexibility index (Phi) is 6.35. The van der Waals surface area contributed by atoms with Crippen molar-refractivity contribution in [3.8, 4) is 0 Å². The van der Waals surface area contributed by atoms with Crippen LogP contribution in [0, 0.1) is 5.82 Å². The summed E-state index contributed by atoms with van der Waals surface area (Å²) in [6.45, 7) is 2.72. The van der Waals surface area contributed by atoms with E-state index >= 15 is 0 Å². The van der Waals surface area contributed by atoms with Gasteiger partial charge in [-0.15, -0.1) is 0 Å². The highest BCUT2D eigenvalue weighted by atomic mass is 19.1. The van der Waals surface area contributed by atoms with Gasteiger partial charge < -0.3 is 15.1 Å². The van der Waals surface area contributed by atoms with Crippen molar-refractivity contribution < 1.29 is 14.0 Å². The standard InChI is InChI=1S/C20H23FN4O2/c21-16-4-6-18(7-5-16)24-12-14-25(15-13-24)20(27)3-1-2-19(26)23-17-8-10-22-11-9-17/h4-11H,1-3,12-15H2,(H,22,23,26). The fraction of sp³-hybridized carbons (Fsp3) is 0.350. The summed E-state index contributed by atoms with van der Waals surface area (Å²) in [5.74, 6) is -0.277. The Balaban J connectivity index is 1.37. The molecule has 3 rings (SSSR count). The maximum atomic E-state index is 13.0. The molecular formula is C20H23FN4O2. The Bertz CT molecular complexity index is 759. The van der Waals surface area contributed by atoms with E-state index in [1.165, 1.54) is 12.1 Å². The van der Waals surface area contributed by atoms with Gasteiger partial charge in [-0.2, -0.15) is 0 Å². The van der Waals surface area contributed by atoms with Crippen molar-refractivity contribution >= 4 is 23.2 Å². The first kappa shape index (κ1) is 18.8. The predicted octanol–water partition coefficient (Wildman–Crippen LogP) is 2.68. The molecule has 0 saturated carbocycles. The van der Waals surface area contributed by atoms with Gasteiger partial charge in [0.2, 0.25) is 11.8 Å². The van der Waals surface area contributed by atoms with Gasteiger partial charge in [-0.05, 0) is 42.8 Å². The summed E-state index contributed by atoms with van der Waals surface area (Å²) in [6.07, 6.45) is 4.42. The fourth-order valence-corrected chi connectivity index (χ4v) is 3.08. The number of nitrogens with one attached hydrogen (secondary N) is 1. The van der Waals surface area contributed by atoms with Gasteiger partial charge in [-0.3, -0.25) is 14.6 Å². The van der Waals surface area contributed by atoms with Crippen LogP contribution in [0.15, 0.2) is 48.8 Å². The van der Waals surface area contributed by atoms with E-state index in [0.29, 0.717) is 38.0 Å². The number of amides is 2. The highest BCUT2D eigenvalue weighted by molar-refractivity contribution is 5.90. The van der Waals surface area contributed by atoms with E-state index in [1.54, 1.807) is 36.7 Å². The van der Waals surface area contributed by atoms with Crippen molar-refractivity contribution in [3.05, 3.63) is 54.6 Å². The molecule has 7 heteroatoms. The number of nitrogens with zero attached hydrogens (tertiary/aromatic N) is 3. The van der Waals surface area contributed by atoms with Crippen LogP contribution in [0.5, 0.6) is 0 Å². The lowest BCUT2D eigenvalue weighted by molar-refractivity contribution is -0.131. The summed E-state index contributed by atoms with van der Waals surface area (Å²) in [6, 6.07) is 9.86. The third-order valence-electron chi connectivity index (χ3n) is 4.58. The lowest BCUT2D eigenvalue weighted by atomic mass is 10.2. The van der Waals surface area contributed by atoms with Gasteiger partial charge in [-0.25, -0.2) is 4.39 Å². The molecule has 27 heavy (non-hydrogen) atoms. The summed E-state index contributed by atoms with van der Waals surface area (Å²) < 4.78 is 13.0. The van der Waals surface area contributed by atoms with Crippen LogP contribution in [0.3, 0.4) is 0 Å². The number of halogens is 1. The summed E-state index contributed by atoms with van der Waals surface area (Å²) in [5, 5.41) is 2.79. The molecule has 6 nitrogen and oxygen atoms in total. The normalized spacial score (nSPS) is 14.1. The van der Waals surface area contributed by atoms with Crippen LogP contribution < -0.4 is 10.2 Å². The van der Waals surface area contributed by atoms with Crippen molar-refractivity contribution in [2.24, 2.45) is 0 Å². The zero-order valence-electron chi connectivity index (χ0n) is 15.1. The van der Waals surface area contributed by atoms with Gasteiger partial charge in [0.15, 0.2) is 0 Å². The number of piperazine rings is 1. The Labute approximate surface area is 158 Å². The first-order chi connectivity index (χ1) is 13.1. The highest BCUT2D eigenvalue weighted by Crippen LogP contribution is 2.17. The van der Waals surface area contributed by atoms with Gasteiger partial charge in [0, 0.05) is 62.8 Å². The van der Waals surface area contributed by atoms with E-state index in [-0.39, 0.29) is 17.6 Å². The molecule has 142 valence electrons. The Morgan fingerprint density at radius 2 is 1.63 bits per heavy atom. The summed E-state index contributed by atoms with van der Waals surface area (Å²) in [4.78, 5) is 32.1. The summed E-state index contributed by atoms with van der Waals surface area (Å²) in [7, 11) is 0. The highest BCUT2D eigenvalue weighted by Gasteiger charge is 2.21. The maximum absolute atomic E-state index is 13.0. The molecule has 0 bridgehead atoms. The van der Waals surface area contributed by atoms with Gasteiger partial charge in [0.25, 0.3) is 0 Å². The molecule has 1 aromatic carbocycles. The van der Waals surface area contributed by atoms with Gasteiger partial charge in [0.05, 0.1) is 0 Å². The topological polar surface area (TPSA) is 65.5 Å². The number of rotatable bonds is 6. The van der Waals surface area contributed by atoms with Crippen LogP contribution in [0.1, 0.15) is 19.3 Å². The molecule has 1 aliphatic rings. The number of anilines is 2. The Morgan fingerprint density at radius 1 is 0.963 bits per heavy atom. The van der Waals surface area contributed by atoms with Crippen molar-refractivity contribution in [2.45, 2.75) is 19.3 Å². The second-order valence-corrected chi connectivity index (χ2v) is 6.48. The second kappa shape index (κ2) is 9.12. The van der Waals surface area contributed by atoms with Crippen LogP contribution in [-0.4, -0.2) is 47.9 Å². The SMILES string of the molecule is O=C(CCCC(=O)N1CCN(c2ccc(F)cc2)CC1)Nc1ccncc1. The molecule has 0 spiro atoms. The molecule has 2 heterocycles. The van der Waals surface area contributed by atoms with E-state index in [2.05, 4.69) is 15.2 Å². The molecular weight excluding hydrogens is 347 g/mol. The number of benzene rings is 1. The molecule has 0 unspecified atom stereocenters. The number of carbonyl (C=O) groups is 2. The van der Waals surface area contributed by atoms with E-state index in [0.717, 1.165) is 18.8 Å². The fourth-order valence-electron chi connectivity index (χ4n) is 3.08.